The summed E-state index contributed by atoms with van der Waals surface area (Å²) in [7, 11) is 1.72. The lowest BCUT2D eigenvalue weighted by molar-refractivity contribution is 0.0229. The van der Waals surface area contributed by atoms with Crippen LogP contribution in [0, 0.1) is 0 Å². The summed E-state index contributed by atoms with van der Waals surface area (Å²) in [5.41, 5.74) is 1.99. The van der Waals surface area contributed by atoms with Crippen LogP contribution in [0.5, 0.6) is 0 Å². The lowest BCUT2D eigenvalue weighted by atomic mass is 10.1. The molecule has 0 unspecified atom stereocenters. The van der Waals surface area contributed by atoms with Crippen LogP contribution < -0.4 is 5.32 Å². The third kappa shape index (κ3) is 4.16. The van der Waals surface area contributed by atoms with Gasteiger partial charge in [-0.15, -0.1) is 0 Å². The summed E-state index contributed by atoms with van der Waals surface area (Å²) in [5.74, 6) is 0.926. The summed E-state index contributed by atoms with van der Waals surface area (Å²) in [5, 5.41) is 3.34. The third-order valence-corrected chi connectivity index (χ3v) is 3.71. The van der Waals surface area contributed by atoms with E-state index in [0.29, 0.717) is 6.54 Å². The molecule has 0 saturated heterocycles. The smallest absolute Gasteiger partial charge is 0.120 e. The van der Waals surface area contributed by atoms with E-state index in [9.17, 15) is 0 Å². The maximum absolute atomic E-state index is 5.36. The summed E-state index contributed by atoms with van der Waals surface area (Å²) in [6, 6.07) is 8.16. The average molecular weight is 338 g/mol. The fraction of sp³-hybridized carbons (Fsp3) is 0.400. The molecule has 1 aromatic carbocycles. The number of methoxy groups -OCH3 is 1. The predicted molar refractivity (Wildman–Crippen MR) is 84.5 cm³/mol. The second-order valence-electron chi connectivity index (χ2n) is 5.32. The first-order chi connectivity index (χ1) is 9.50. The Morgan fingerprint density at radius 2 is 2.00 bits per heavy atom. The second kappa shape index (κ2) is 6.52. The standard InChI is InChI=1S/C15H20BrN3O/c1-15(2,20-3)10-17-9-14-18-8-13(19-14)11-4-6-12(16)7-5-11/h4-8,17H,9-10H2,1-3H3,(H,18,19). The molecule has 4 nitrogen and oxygen atoms in total. The maximum atomic E-state index is 5.36. The van der Waals surface area contributed by atoms with E-state index in [1.807, 2.05) is 18.3 Å². The van der Waals surface area contributed by atoms with Crippen molar-refractivity contribution in [2.45, 2.75) is 26.0 Å². The van der Waals surface area contributed by atoms with Crippen LogP contribution in [0.2, 0.25) is 0 Å². The molecule has 0 aliphatic carbocycles. The predicted octanol–water partition coefficient (Wildman–Crippen LogP) is 3.35. The summed E-state index contributed by atoms with van der Waals surface area (Å²) in [6.45, 7) is 5.58. The number of nitrogens with one attached hydrogen (secondary N) is 2. The van der Waals surface area contributed by atoms with Crippen molar-refractivity contribution in [2.75, 3.05) is 13.7 Å². The monoisotopic (exact) mass is 337 g/mol. The molecule has 1 aromatic heterocycles. The molecule has 0 saturated carbocycles. The fourth-order valence-electron chi connectivity index (χ4n) is 1.78. The number of rotatable bonds is 6. The molecular formula is C15H20BrN3O. The fourth-order valence-corrected chi connectivity index (χ4v) is 2.05. The maximum Gasteiger partial charge on any atom is 0.120 e. The minimum atomic E-state index is -0.166. The minimum Gasteiger partial charge on any atom is -0.377 e. The Bertz CT molecular complexity index is 549. The van der Waals surface area contributed by atoms with Crippen LogP contribution in [0.25, 0.3) is 11.3 Å². The molecule has 0 atom stereocenters. The quantitative estimate of drug-likeness (QED) is 0.849. The number of nitrogens with zero attached hydrogens (tertiary/aromatic N) is 1. The Balaban J connectivity index is 1.94. The van der Waals surface area contributed by atoms with Gasteiger partial charge in [0.15, 0.2) is 0 Å². The van der Waals surface area contributed by atoms with Gasteiger partial charge in [-0.1, -0.05) is 28.1 Å². The summed E-state index contributed by atoms with van der Waals surface area (Å²) >= 11 is 3.44. The number of benzene rings is 1. The van der Waals surface area contributed by atoms with Crippen molar-refractivity contribution < 1.29 is 4.74 Å². The van der Waals surface area contributed by atoms with Crippen LogP contribution in [0.3, 0.4) is 0 Å². The molecule has 0 fully saturated rings. The van der Waals surface area contributed by atoms with Gasteiger partial charge in [0.1, 0.15) is 5.82 Å². The largest absolute Gasteiger partial charge is 0.377 e. The van der Waals surface area contributed by atoms with Gasteiger partial charge in [-0.2, -0.15) is 0 Å². The lowest BCUT2D eigenvalue weighted by Gasteiger charge is -2.22. The number of hydrogen-bond acceptors (Lipinski definition) is 3. The van der Waals surface area contributed by atoms with E-state index in [2.05, 4.69) is 57.2 Å². The van der Waals surface area contributed by atoms with Crippen molar-refractivity contribution in [1.82, 2.24) is 15.3 Å². The molecule has 0 spiro atoms. The van der Waals surface area contributed by atoms with Crippen molar-refractivity contribution in [3.63, 3.8) is 0 Å². The summed E-state index contributed by atoms with van der Waals surface area (Å²) < 4.78 is 6.44. The van der Waals surface area contributed by atoms with Gasteiger partial charge in [-0.05, 0) is 31.5 Å². The number of H-pyrrole nitrogens is 1. The Morgan fingerprint density at radius 1 is 1.30 bits per heavy atom. The molecule has 2 N–H and O–H groups in total. The summed E-state index contributed by atoms with van der Waals surface area (Å²) in [4.78, 5) is 7.71. The molecule has 0 radical (unpaired) electrons. The first-order valence-corrected chi connectivity index (χ1v) is 7.35. The molecule has 0 aliphatic heterocycles. The number of aromatic nitrogens is 2. The second-order valence-corrected chi connectivity index (χ2v) is 6.23. The Kier molecular flexibility index (Phi) is 4.96. The highest BCUT2D eigenvalue weighted by atomic mass is 79.9. The number of halogens is 1. The molecule has 2 rings (SSSR count). The minimum absolute atomic E-state index is 0.166. The zero-order valence-electron chi connectivity index (χ0n) is 12.0. The molecule has 0 bridgehead atoms. The van der Waals surface area contributed by atoms with Gasteiger partial charge in [0, 0.05) is 18.1 Å². The Labute approximate surface area is 128 Å². The number of hydrogen-bond donors (Lipinski definition) is 2. The van der Waals surface area contributed by atoms with E-state index in [4.69, 9.17) is 4.74 Å². The topological polar surface area (TPSA) is 49.9 Å². The first kappa shape index (κ1) is 15.2. The first-order valence-electron chi connectivity index (χ1n) is 6.56. The van der Waals surface area contributed by atoms with Crippen molar-refractivity contribution >= 4 is 15.9 Å². The molecule has 0 aliphatic rings. The molecular weight excluding hydrogens is 318 g/mol. The van der Waals surface area contributed by atoms with Gasteiger partial charge in [0.05, 0.1) is 24.0 Å². The van der Waals surface area contributed by atoms with E-state index in [0.717, 1.165) is 28.1 Å². The van der Waals surface area contributed by atoms with Gasteiger partial charge in [0.2, 0.25) is 0 Å². The van der Waals surface area contributed by atoms with Crippen LogP contribution in [-0.4, -0.2) is 29.2 Å². The van der Waals surface area contributed by atoms with Crippen LogP contribution in [-0.2, 0) is 11.3 Å². The van der Waals surface area contributed by atoms with Crippen LogP contribution in [0.4, 0.5) is 0 Å². The van der Waals surface area contributed by atoms with Crippen LogP contribution >= 0.6 is 15.9 Å². The SMILES string of the molecule is COC(C)(C)CNCc1ncc(-c2ccc(Br)cc2)[nH]1. The van der Waals surface area contributed by atoms with Crippen molar-refractivity contribution in [1.29, 1.82) is 0 Å². The molecule has 1 heterocycles. The highest BCUT2D eigenvalue weighted by Gasteiger charge is 2.15. The molecule has 20 heavy (non-hydrogen) atoms. The van der Waals surface area contributed by atoms with Gasteiger partial charge >= 0.3 is 0 Å². The molecule has 5 heteroatoms. The van der Waals surface area contributed by atoms with Crippen molar-refractivity contribution in [2.24, 2.45) is 0 Å². The van der Waals surface area contributed by atoms with E-state index in [1.165, 1.54) is 0 Å². The highest BCUT2D eigenvalue weighted by molar-refractivity contribution is 9.10. The van der Waals surface area contributed by atoms with E-state index >= 15 is 0 Å². The Morgan fingerprint density at radius 3 is 2.65 bits per heavy atom. The van der Waals surface area contributed by atoms with Crippen molar-refractivity contribution in [3.8, 4) is 11.3 Å². The molecule has 108 valence electrons. The third-order valence-electron chi connectivity index (χ3n) is 3.18. The van der Waals surface area contributed by atoms with Crippen LogP contribution in [0.15, 0.2) is 34.9 Å². The lowest BCUT2D eigenvalue weighted by Crippen LogP contribution is -2.36. The zero-order valence-corrected chi connectivity index (χ0v) is 13.6. The van der Waals surface area contributed by atoms with Gasteiger partial charge in [-0.25, -0.2) is 4.98 Å². The molecule has 2 aromatic rings. The van der Waals surface area contributed by atoms with E-state index < -0.39 is 0 Å². The van der Waals surface area contributed by atoms with Crippen LogP contribution in [0.1, 0.15) is 19.7 Å². The highest BCUT2D eigenvalue weighted by Crippen LogP contribution is 2.19. The normalized spacial score (nSPS) is 11.8. The van der Waals surface area contributed by atoms with Gasteiger partial charge < -0.3 is 15.0 Å². The molecule has 0 amide bonds. The number of ether oxygens (including phenoxy) is 1. The van der Waals surface area contributed by atoms with Gasteiger partial charge in [-0.3, -0.25) is 0 Å². The van der Waals surface area contributed by atoms with E-state index in [1.54, 1.807) is 7.11 Å². The number of aromatic amines is 1. The number of imidazole rings is 1. The Hall–Kier alpha value is -1.17. The zero-order chi connectivity index (χ0) is 14.6. The van der Waals surface area contributed by atoms with Crippen molar-refractivity contribution in [3.05, 3.63) is 40.8 Å². The summed E-state index contributed by atoms with van der Waals surface area (Å²) in [6.07, 6.45) is 1.86. The average Bonchev–Trinajstić information content (AvgIpc) is 2.88. The van der Waals surface area contributed by atoms with E-state index in [-0.39, 0.29) is 5.60 Å². The van der Waals surface area contributed by atoms with Gasteiger partial charge in [0.25, 0.3) is 0 Å².